The second-order valence-corrected chi connectivity index (χ2v) is 9.10. The van der Waals surface area contributed by atoms with Gasteiger partial charge in [0.25, 0.3) is 5.91 Å². The van der Waals surface area contributed by atoms with Crippen LogP contribution in [0.3, 0.4) is 0 Å². The summed E-state index contributed by atoms with van der Waals surface area (Å²) in [5.74, 6) is 1.26. The molecule has 158 valence electrons. The maximum Gasteiger partial charge on any atom is 0.274 e. The minimum atomic E-state index is -0.145. The first-order valence-electron chi connectivity index (χ1n) is 10.3. The highest BCUT2D eigenvalue weighted by Gasteiger charge is 2.57. The maximum absolute atomic E-state index is 12.9. The van der Waals surface area contributed by atoms with E-state index in [1.54, 1.807) is 17.0 Å². The van der Waals surface area contributed by atoms with Gasteiger partial charge in [-0.3, -0.25) is 14.7 Å². The largest absolute Gasteiger partial charge is 0.481 e. The highest BCUT2D eigenvalue weighted by Crippen LogP contribution is 2.57. The number of hydrogen-bond donors (Lipinski definition) is 2. The molecule has 4 fully saturated rings. The standard InChI is InChI=1S/C21H24ClN5O3/c1-30-18-6-14(15(22)11-23-18)16-7-17(26-25-16)20(29)27-4-2-13(3-5-27)19(28)24-21-8-12(9-21)10-21/h6-7,11-13H,2-5,8-10H2,1H3,(H,24,28)(H,25,26). The molecule has 3 aliphatic carbocycles. The molecule has 0 aromatic carbocycles. The van der Waals surface area contributed by atoms with E-state index in [0.717, 1.165) is 25.2 Å². The lowest BCUT2D eigenvalue weighted by molar-refractivity contribution is -0.137. The van der Waals surface area contributed by atoms with Gasteiger partial charge in [0.1, 0.15) is 0 Å². The molecular formula is C21H24ClN5O3. The number of piperidine rings is 1. The zero-order chi connectivity index (χ0) is 20.9. The van der Waals surface area contributed by atoms with Crippen LogP contribution in [-0.2, 0) is 4.79 Å². The fraction of sp³-hybridized carbons (Fsp3) is 0.524. The van der Waals surface area contributed by atoms with E-state index in [4.69, 9.17) is 16.3 Å². The van der Waals surface area contributed by atoms with Crippen LogP contribution in [0.5, 0.6) is 5.88 Å². The summed E-state index contributed by atoms with van der Waals surface area (Å²) in [5, 5.41) is 10.7. The molecule has 6 rings (SSSR count). The summed E-state index contributed by atoms with van der Waals surface area (Å²) < 4.78 is 5.14. The fourth-order valence-electron chi connectivity index (χ4n) is 4.81. The van der Waals surface area contributed by atoms with Gasteiger partial charge in [-0.25, -0.2) is 4.98 Å². The molecule has 1 aliphatic heterocycles. The van der Waals surface area contributed by atoms with Gasteiger partial charge in [0.05, 0.1) is 24.0 Å². The Balaban J connectivity index is 1.20. The van der Waals surface area contributed by atoms with Gasteiger partial charge < -0.3 is 15.0 Å². The molecule has 0 radical (unpaired) electrons. The van der Waals surface area contributed by atoms with E-state index < -0.39 is 0 Å². The molecule has 2 bridgehead atoms. The number of aromatic nitrogens is 3. The van der Waals surface area contributed by atoms with Crippen molar-refractivity contribution in [1.82, 2.24) is 25.4 Å². The van der Waals surface area contributed by atoms with Crippen molar-refractivity contribution < 1.29 is 14.3 Å². The molecule has 2 aromatic rings. The van der Waals surface area contributed by atoms with Gasteiger partial charge in [0, 0.05) is 36.2 Å². The number of rotatable bonds is 5. The minimum Gasteiger partial charge on any atom is -0.481 e. The van der Waals surface area contributed by atoms with Gasteiger partial charge in [-0.15, -0.1) is 0 Å². The number of amides is 2. The first-order chi connectivity index (χ1) is 14.5. The number of nitrogens with zero attached hydrogens (tertiary/aromatic N) is 3. The highest BCUT2D eigenvalue weighted by atomic mass is 35.5. The summed E-state index contributed by atoms with van der Waals surface area (Å²) in [4.78, 5) is 31.3. The van der Waals surface area contributed by atoms with Crippen molar-refractivity contribution in [2.24, 2.45) is 11.8 Å². The van der Waals surface area contributed by atoms with Crippen molar-refractivity contribution in [3.8, 4) is 17.1 Å². The second kappa shape index (κ2) is 7.27. The number of hydrogen-bond acceptors (Lipinski definition) is 5. The number of H-pyrrole nitrogens is 1. The van der Waals surface area contributed by atoms with Gasteiger partial charge in [-0.2, -0.15) is 5.10 Å². The topological polar surface area (TPSA) is 100 Å². The molecule has 1 saturated heterocycles. The molecule has 0 atom stereocenters. The van der Waals surface area contributed by atoms with E-state index in [-0.39, 0.29) is 23.3 Å². The zero-order valence-electron chi connectivity index (χ0n) is 16.8. The Hall–Kier alpha value is -2.61. The van der Waals surface area contributed by atoms with Crippen LogP contribution in [0.25, 0.3) is 11.3 Å². The summed E-state index contributed by atoms with van der Waals surface area (Å²) >= 11 is 6.24. The predicted octanol–water partition coefficient (Wildman–Crippen LogP) is 2.65. The number of carbonyl (C=O) groups excluding carboxylic acids is 2. The van der Waals surface area contributed by atoms with E-state index >= 15 is 0 Å². The number of likely N-dealkylation sites (tertiary alicyclic amines) is 1. The van der Waals surface area contributed by atoms with Crippen LogP contribution in [0, 0.1) is 11.8 Å². The molecule has 0 spiro atoms. The summed E-state index contributed by atoms with van der Waals surface area (Å²) in [6.07, 6.45) is 6.30. The van der Waals surface area contributed by atoms with Crippen molar-refractivity contribution in [3.05, 3.63) is 29.0 Å². The number of ether oxygens (including phenoxy) is 1. The molecule has 3 heterocycles. The number of methoxy groups -OCH3 is 1. The first kappa shape index (κ1) is 19.4. The Morgan fingerprint density at radius 1 is 1.27 bits per heavy atom. The minimum absolute atomic E-state index is 0.0130. The number of halogens is 1. The van der Waals surface area contributed by atoms with Crippen molar-refractivity contribution in [2.45, 2.75) is 37.6 Å². The summed E-state index contributed by atoms with van der Waals surface area (Å²) in [5.41, 5.74) is 1.72. The van der Waals surface area contributed by atoms with Crippen LogP contribution in [0.1, 0.15) is 42.6 Å². The Kier molecular flexibility index (Phi) is 4.69. The van der Waals surface area contributed by atoms with Crippen molar-refractivity contribution in [3.63, 3.8) is 0 Å². The Labute approximate surface area is 179 Å². The third kappa shape index (κ3) is 3.33. The average molecular weight is 430 g/mol. The first-order valence-corrected chi connectivity index (χ1v) is 10.7. The molecule has 2 N–H and O–H groups in total. The molecule has 8 nitrogen and oxygen atoms in total. The van der Waals surface area contributed by atoms with Gasteiger partial charge >= 0.3 is 0 Å². The van der Waals surface area contributed by atoms with Crippen molar-refractivity contribution in [1.29, 1.82) is 0 Å². The molecule has 0 unspecified atom stereocenters. The second-order valence-electron chi connectivity index (χ2n) is 8.69. The summed E-state index contributed by atoms with van der Waals surface area (Å²) in [7, 11) is 1.53. The number of nitrogens with one attached hydrogen (secondary N) is 2. The Morgan fingerprint density at radius 3 is 2.63 bits per heavy atom. The van der Waals surface area contributed by atoms with E-state index in [1.165, 1.54) is 13.3 Å². The smallest absolute Gasteiger partial charge is 0.274 e. The van der Waals surface area contributed by atoms with Gasteiger partial charge in [-0.05, 0) is 44.1 Å². The normalized spacial score (nSPS) is 25.3. The maximum atomic E-state index is 12.9. The number of aromatic amines is 1. The molecule has 9 heteroatoms. The van der Waals surface area contributed by atoms with E-state index in [9.17, 15) is 9.59 Å². The van der Waals surface area contributed by atoms with E-state index in [2.05, 4.69) is 20.5 Å². The lowest BCUT2D eigenvalue weighted by Gasteiger charge is -2.62. The van der Waals surface area contributed by atoms with E-state index in [0.29, 0.717) is 53.8 Å². The third-order valence-corrected chi connectivity index (χ3v) is 7.01. The van der Waals surface area contributed by atoms with E-state index in [1.807, 2.05) is 0 Å². The van der Waals surface area contributed by atoms with Gasteiger partial charge in [0.15, 0.2) is 5.69 Å². The van der Waals surface area contributed by atoms with Gasteiger partial charge in [0.2, 0.25) is 11.8 Å². The molecule has 3 saturated carbocycles. The monoisotopic (exact) mass is 429 g/mol. The summed E-state index contributed by atoms with van der Waals surface area (Å²) in [6, 6.07) is 3.38. The molecule has 4 aliphatic rings. The molecule has 2 amide bonds. The van der Waals surface area contributed by atoms with Crippen LogP contribution >= 0.6 is 11.6 Å². The Bertz CT molecular complexity index is 981. The Morgan fingerprint density at radius 2 is 2.00 bits per heavy atom. The molecular weight excluding hydrogens is 406 g/mol. The van der Waals surface area contributed by atoms with Crippen LogP contribution < -0.4 is 10.1 Å². The summed E-state index contributed by atoms with van der Waals surface area (Å²) in [6.45, 7) is 1.11. The lowest BCUT2D eigenvalue weighted by atomic mass is 9.50. The fourth-order valence-corrected chi connectivity index (χ4v) is 5.01. The van der Waals surface area contributed by atoms with Crippen LogP contribution in [0.4, 0.5) is 0 Å². The van der Waals surface area contributed by atoms with Crippen LogP contribution in [0.2, 0.25) is 5.02 Å². The lowest BCUT2D eigenvalue weighted by Crippen LogP contribution is -2.69. The zero-order valence-corrected chi connectivity index (χ0v) is 17.5. The van der Waals surface area contributed by atoms with Crippen molar-refractivity contribution >= 4 is 23.4 Å². The third-order valence-electron chi connectivity index (χ3n) is 6.71. The SMILES string of the molecule is COc1cc(-c2cc(C(=O)N3CCC(C(=O)NC45CC(C4)C5)CC3)n[nH]2)c(Cl)cn1. The number of carbonyl (C=O) groups is 2. The molecule has 2 aromatic heterocycles. The predicted molar refractivity (Wildman–Crippen MR) is 110 cm³/mol. The highest BCUT2D eigenvalue weighted by molar-refractivity contribution is 6.33. The van der Waals surface area contributed by atoms with Crippen molar-refractivity contribution in [2.75, 3.05) is 20.2 Å². The van der Waals surface area contributed by atoms with Crippen LogP contribution in [0.15, 0.2) is 18.3 Å². The average Bonchev–Trinajstić information content (AvgIpc) is 3.19. The molecule has 30 heavy (non-hydrogen) atoms. The quantitative estimate of drug-likeness (QED) is 0.761. The van der Waals surface area contributed by atoms with Gasteiger partial charge in [-0.1, -0.05) is 11.6 Å². The number of pyridine rings is 1. The van der Waals surface area contributed by atoms with Crippen LogP contribution in [-0.4, -0.2) is 57.6 Å².